The third-order valence-electron chi connectivity index (χ3n) is 2.50. The van der Waals surface area contributed by atoms with E-state index in [1.54, 1.807) is 13.3 Å². The Morgan fingerprint density at radius 1 is 1.28 bits per heavy atom. The van der Waals surface area contributed by atoms with Crippen molar-refractivity contribution in [1.82, 2.24) is 0 Å². The second kappa shape index (κ2) is 8.52. The molecule has 0 aliphatic heterocycles. The van der Waals surface area contributed by atoms with Gasteiger partial charge in [-0.25, -0.2) is 0 Å². The molecule has 2 nitrogen and oxygen atoms in total. The number of aromatic hydroxyl groups is 1. The molecule has 0 fully saturated rings. The van der Waals surface area contributed by atoms with Gasteiger partial charge in [0, 0.05) is 18.8 Å². The standard InChI is InChI=1S/C12H19NOSi.2ClH.Zr/c1-9-6-7-11(15(3,4)5)12(14)10(9)8-13-2;;;/h6-8,14H,1-5H3;2*1H;/q;;;+2/p-2. The van der Waals surface area contributed by atoms with Crippen LogP contribution in [-0.2, 0) is 20.8 Å². The molecule has 0 amide bonds. The summed E-state index contributed by atoms with van der Waals surface area (Å²) in [4.78, 5) is 3.98. The topological polar surface area (TPSA) is 32.6 Å². The number of hydrogen-bond donors (Lipinski definition) is 1. The molecule has 0 saturated carbocycles. The van der Waals surface area contributed by atoms with Crippen LogP contribution < -0.4 is 5.19 Å². The SMILES string of the molecule is CN=Cc1c(C)ccc([Si](C)(C)C)c1O.[Cl][Zr][Cl]. The fourth-order valence-electron chi connectivity index (χ4n) is 1.61. The summed E-state index contributed by atoms with van der Waals surface area (Å²) in [6.07, 6.45) is 1.73. The summed E-state index contributed by atoms with van der Waals surface area (Å²) in [5, 5.41) is 11.3. The van der Waals surface area contributed by atoms with Gasteiger partial charge in [0.2, 0.25) is 0 Å². The van der Waals surface area contributed by atoms with Crippen LogP contribution in [-0.4, -0.2) is 26.4 Å². The molecule has 0 heterocycles. The zero-order chi connectivity index (χ0) is 14.3. The summed E-state index contributed by atoms with van der Waals surface area (Å²) in [6.45, 7) is 8.67. The molecule has 0 aromatic heterocycles. The third-order valence-corrected chi connectivity index (χ3v) is 4.52. The third kappa shape index (κ3) is 5.56. The van der Waals surface area contributed by atoms with Crippen LogP contribution in [0.25, 0.3) is 0 Å². The Morgan fingerprint density at radius 3 is 2.17 bits per heavy atom. The Bertz CT molecular complexity index is 419. The van der Waals surface area contributed by atoms with Gasteiger partial charge in [0.05, 0.1) is 8.07 Å². The Kier molecular flexibility index (Phi) is 8.70. The van der Waals surface area contributed by atoms with Gasteiger partial charge in [-0.05, 0) is 17.7 Å². The Labute approximate surface area is 129 Å². The van der Waals surface area contributed by atoms with Crippen molar-refractivity contribution in [3.8, 4) is 5.75 Å². The molecule has 18 heavy (non-hydrogen) atoms. The number of aliphatic imine (C=N–C) groups is 1. The van der Waals surface area contributed by atoms with E-state index >= 15 is 0 Å². The summed E-state index contributed by atoms with van der Waals surface area (Å²) < 4.78 is 0. The molecule has 0 bridgehead atoms. The van der Waals surface area contributed by atoms with Gasteiger partial charge in [0.15, 0.2) is 0 Å². The maximum absolute atomic E-state index is 10.2. The van der Waals surface area contributed by atoms with Gasteiger partial charge in [-0.15, -0.1) is 0 Å². The van der Waals surface area contributed by atoms with Crippen LogP contribution in [0.1, 0.15) is 11.1 Å². The molecule has 0 aliphatic carbocycles. The Balaban J connectivity index is 0.000000873. The quantitative estimate of drug-likeness (QED) is 0.613. The number of benzene rings is 1. The zero-order valence-electron chi connectivity index (χ0n) is 11.4. The van der Waals surface area contributed by atoms with Crippen molar-refractivity contribution >= 4 is 36.5 Å². The number of phenols is 1. The van der Waals surface area contributed by atoms with Crippen LogP contribution in [0.2, 0.25) is 19.6 Å². The van der Waals surface area contributed by atoms with Gasteiger partial charge in [0.25, 0.3) is 0 Å². The van der Waals surface area contributed by atoms with Gasteiger partial charge in [-0.3, -0.25) is 4.99 Å². The van der Waals surface area contributed by atoms with Crippen molar-refractivity contribution in [3.63, 3.8) is 0 Å². The molecule has 0 spiro atoms. The Hall–Kier alpha value is 0.370. The number of halogens is 2. The molecular weight excluding hydrogens is 364 g/mol. The monoisotopic (exact) mass is 381 g/mol. The summed E-state index contributed by atoms with van der Waals surface area (Å²) in [5.74, 6) is 0.416. The molecule has 6 heteroatoms. The van der Waals surface area contributed by atoms with Gasteiger partial charge in [-0.1, -0.05) is 31.8 Å². The molecule has 0 aliphatic rings. The summed E-state index contributed by atoms with van der Waals surface area (Å²) in [7, 11) is 10.1. The molecule has 1 aromatic rings. The second-order valence-corrected chi connectivity index (χ2v) is 13.7. The Morgan fingerprint density at radius 2 is 1.78 bits per heavy atom. The van der Waals surface area contributed by atoms with Crippen molar-refractivity contribution in [2.24, 2.45) is 4.99 Å². The van der Waals surface area contributed by atoms with Crippen molar-refractivity contribution in [2.45, 2.75) is 26.6 Å². The van der Waals surface area contributed by atoms with E-state index in [0.29, 0.717) is 5.75 Å². The molecule has 100 valence electrons. The first kappa shape index (κ1) is 18.4. The van der Waals surface area contributed by atoms with E-state index in [2.05, 4.69) is 30.7 Å². The van der Waals surface area contributed by atoms with Crippen LogP contribution >= 0.6 is 17.0 Å². The number of rotatable bonds is 2. The molecule has 1 rings (SSSR count). The van der Waals surface area contributed by atoms with Gasteiger partial charge in [0.1, 0.15) is 5.75 Å². The number of nitrogens with zero attached hydrogens (tertiary/aromatic N) is 1. The van der Waals surface area contributed by atoms with E-state index in [4.69, 9.17) is 17.0 Å². The predicted molar refractivity (Wildman–Crippen MR) is 81.0 cm³/mol. The fraction of sp³-hybridized carbons (Fsp3) is 0.417. The van der Waals surface area contributed by atoms with E-state index in [1.807, 2.05) is 13.0 Å². The molecule has 1 aromatic carbocycles. The first-order valence-corrected chi connectivity index (χ1v) is 15.3. The van der Waals surface area contributed by atoms with Crippen molar-refractivity contribution < 1.29 is 26.0 Å². The number of aryl methyl sites for hydroxylation is 1. The fourth-order valence-corrected chi connectivity index (χ4v) is 3.03. The maximum atomic E-state index is 10.2. The minimum atomic E-state index is -1.47. The molecule has 0 atom stereocenters. The van der Waals surface area contributed by atoms with E-state index in [1.165, 1.54) is 0 Å². The van der Waals surface area contributed by atoms with Crippen LogP contribution in [0.4, 0.5) is 0 Å². The minimum absolute atomic E-state index is 0.416. The van der Waals surface area contributed by atoms with E-state index in [-0.39, 0.29) is 0 Å². The van der Waals surface area contributed by atoms with E-state index in [0.717, 1.165) is 16.3 Å². The predicted octanol–water partition coefficient (Wildman–Crippen LogP) is 3.67. The van der Waals surface area contributed by atoms with Crippen molar-refractivity contribution in [3.05, 3.63) is 23.3 Å². The average molecular weight is 384 g/mol. The van der Waals surface area contributed by atoms with Crippen LogP contribution in [0, 0.1) is 6.92 Å². The molecule has 1 N–H and O–H groups in total. The summed E-state index contributed by atoms with van der Waals surface area (Å²) >= 11 is -0.826. The molecular formula is C12H19Cl2NOSiZr. The molecule has 0 saturated heterocycles. The van der Waals surface area contributed by atoms with Crippen LogP contribution in [0.5, 0.6) is 5.75 Å². The number of phenolic OH excluding ortho intramolecular Hbond substituents is 1. The van der Waals surface area contributed by atoms with Crippen LogP contribution in [0.15, 0.2) is 17.1 Å². The normalized spacial score (nSPS) is 11.1. The summed E-state index contributed by atoms with van der Waals surface area (Å²) in [6, 6.07) is 4.11. The summed E-state index contributed by atoms with van der Waals surface area (Å²) in [5.41, 5.74) is 1.93. The first-order valence-electron chi connectivity index (χ1n) is 5.51. The molecule has 0 radical (unpaired) electrons. The van der Waals surface area contributed by atoms with Gasteiger partial charge < -0.3 is 5.11 Å². The molecule has 0 unspecified atom stereocenters. The number of hydrogen-bond acceptors (Lipinski definition) is 2. The van der Waals surface area contributed by atoms with Crippen molar-refractivity contribution in [2.75, 3.05) is 7.05 Å². The van der Waals surface area contributed by atoms with Gasteiger partial charge >= 0.3 is 37.9 Å². The van der Waals surface area contributed by atoms with E-state index < -0.39 is 28.9 Å². The van der Waals surface area contributed by atoms with E-state index in [9.17, 15) is 5.11 Å². The average Bonchev–Trinajstić information content (AvgIpc) is 2.23. The second-order valence-electron chi connectivity index (χ2n) is 4.90. The van der Waals surface area contributed by atoms with Crippen molar-refractivity contribution in [1.29, 1.82) is 0 Å². The van der Waals surface area contributed by atoms with Crippen LogP contribution in [0.3, 0.4) is 0 Å². The first-order chi connectivity index (χ1) is 8.29. The zero-order valence-corrected chi connectivity index (χ0v) is 16.4. The van der Waals surface area contributed by atoms with Gasteiger partial charge in [-0.2, -0.15) is 0 Å².